The Labute approximate surface area is 104 Å². The van der Waals surface area contributed by atoms with Gasteiger partial charge in [0.15, 0.2) is 0 Å². The fraction of sp³-hybridized carbons (Fsp3) is 0.200. The van der Waals surface area contributed by atoms with E-state index in [4.69, 9.17) is 10.8 Å². The van der Waals surface area contributed by atoms with Crippen molar-refractivity contribution in [2.75, 3.05) is 0 Å². The minimum Gasteiger partial charge on any atom is -0.478 e. The molecule has 4 N–H and O–H groups in total. The number of nitrogens with one attached hydrogen (secondary N) is 1. The quantitative estimate of drug-likeness (QED) is 0.668. The standard InChI is InChI=1S/C10H12N2O5S/c1-6(9(11)13)12-18(16,17)8-4-2-7(3-5-8)10(14)15/h2-6,12H,1H3,(H2,11,13)(H,14,15). The van der Waals surface area contributed by atoms with Crippen LogP contribution in [-0.2, 0) is 14.8 Å². The number of hydrogen-bond acceptors (Lipinski definition) is 4. The second kappa shape index (κ2) is 5.15. The van der Waals surface area contributed by atoms with E-state index < -0.39 is 27.9 Å². The van der Waals surface area contributed by atoms with Gasteiger partial charge in [-0.05, 0) is 31.2 Å². The number of carbonyl (C=O) groups is 2. The molecule has 0 aliphatic rings. The molecule has 1 amide bonds. The molecule has 18 heavy (non-hydrogen) atoms. The van der Waals surface area contributed by atoms with Crippen LogP contribution in [0, 0.1) is 0 Å². The Bertz CT molecular complexity index is 564. The van der Waals surface area contributed by atoms with Crippen LogP contribution in [0.1, 0.15) is 17.3 Å². The van der Waals surface area contributed by atoms with Gasteiger partial charge in [0.05, 0.1) is 16.5 Å². The van der Waals surface area contributed by atoms with Crippen molar-refractivity contribution in [3.63, 3.8) is 0 Å². The summed E-state index contributed by atoms with van der Waals surface area (Å²) in [6.07, 6.45) is 0. The first-order chi connectivity index (χ1) is 8.24. The Morgan fingerprint density at radius 1 is 1.28 bits per heavy atom. The number of carboxylic acids is 1. The second-order valence-electron chi connectivity index (χ2n) is 3.57. The molecular weight excluding hydrogens is 260 g/mol. The molecule has 0 aliphatic heterocycles. The maximum absolute atomic E-state index is 11.8. The predicted octanol–water partition coefficient (Wildman–Crippen LogP) is -0.463. The topological polar surface area (TPSA) is 127 Å². The number of primary amides is 1. The van der Waals surface area contributed by atoms with Gasteiger partial charge in [0, 0.05) is 0 Å². The molecule has 0 bridgehead atoms. The highest BCUT2D eigenvalue weighted by Gasteiger charge is 2.20. The largest absolute Gasteiger partial charge is 0.478 e. The highest BCUT2D eigenvalue weighted by Crippen LogP contribution is 2.11. The van der Waals surface area contributed by atoms with Crippen molar-refractivity contribution >= 4 is 21.9 Å². The van der Waals surface area contributed by atoms with Gasteiger partial charge in [-0.2, -0.15) is 4.72 Å². The molecule has 1 aromatic rings. The van der Waals surface area contributed by atoms with Crippen molar-refractivity contribution in [1.29, 1.82) is 0 Å². The van der Waals surface area contributed by atoms with Crippen LogP contribution >= 0.6 is 0 Å². The summed E-state index contributed by atoms with van der Waals surface area (Å²) in [7, 11) is -3.89. The number of benzene rings is 1. The molecule has 8 heteroatoms. The molecule has 0 radical (unpaired) electrons. The summed E-state index contributed by atoms with van der Waals surface area (Å²) in [5, 5.41) is 8.67. The van der Waals surface area contributed by atoms with Crippen LogP contribution in [0.2, 0.25) is 0 Å². The van der Waals surface area contributed by atoms with E-state index in [2.05, 4.69) is 4.72 Å². The molecule has 0 heterocycles. The van der Waals surface area contributed by atoms with Crippen LogP contribution in [-0.4, -0.2) is 31.4 Å². The fourth-order valence-corrected chi connectivity index (χ4v) is 2.35. The summed E-state index contributed by atoms with van der Waals surface area (Å²) < 4.78 is 25.6. The Morgan fingerprint density at radius 3 is 2.17 bits per heavy atom. The highest BCUT2D eigenvalue weighted by atomic mass is 32.2. The number of carbonyl (C=O) groups excluding carboxylic acids is 1. The normalized spacial score (nSPS) is 12.9. The van der Waals surface area contributed by atoms with Gasteiger partial charge in [0.1, 0.15) is 0 Å². The van der Waals surface area contributed by atoms with Crippen LogP contribution in [0.3, 0.4) is 0 Å². The van der Waals surface area contributed by atoms with Gasteiger partial charge in [-0.25, -0.2) is 13.2 Å². The fourth-order valence-electron chi connectivity index (χ4n) is 1.14. The van der Waals surface area contributed by atoms with E-state index in [9.17, 15) is 18.0 Å². The summed E-state index contributed by atoms with van der Waals surface area (Å²) in [4.78, 5) is 21.2. The second-order valence-corrected chi connectivity index (χ2v) is 5.29. The monoisotopic (exact) mass is 272 g/mol. The number of amides is 1. The number of aromatic carboxylic acids is 1. The molecule has 0 aliphatic carbocycles. The number of nitrogens with two attached hydrogens (primary N) is 1. The van der Waals surface area contributed by atoms with Crippen LogP contribution in [0.5, 0.6) is 0 Å². The molecule has 0 saturated carbocycles. The summed E-state index contributed by atoms with van der Waals surface area (Å²) in [5.74, 6) is -1.96. The van der Waals surface area contributed by atoms with Crippen molar-refractivity contribution in [2.45, 2.75) is 17.9 Å². The molecule has 1 unspecified atom stereocenters. The van der Waals surface area contributed by atoms with Crippen LogP contribution in [0.4, 0.5) is 0 Å². The molecule has 7 nitrogen and oxygen atoms in total. The average molecular weight is 272 g/mol. The van der Waals surface area contributed by atoms with Crippen molar-refractivity contribution in [3.8, 4) is 0 Å². The van der Waals surface area contributed by atoms with E-state index in [1.807, 2.05) is 0 Å². The van der Waals surface area contributed by atoms with E-state index in [-0.39, 0.29) is 10.5 Å². The zero-order valence-corrected chi connectivity index (χ0v) is 10.3. The molecule has 1 atom stereocenters. The minimum absolute atomic E-state index is 0.0306. The Kier molecular flexibility index (Phi) is 4.04. The number of hydrogen-bond donors (Lipinski definition) is 3. The van der Waals surface area contributed by atoms with Crippen molar-refractivity contribution in [2.24, 2.45) is 5.73 Å². The molecular formula is C10H12N2O5S. The first-order valence-electron chi connectivity index (χ1n) is 4.89. The summed E-state index contributed by atoms with van der Waals surface area (Å²) in [5.41, 5.74) is 4.91. The van der Waals surface area contributed by atoms with Crippen molar-refractivity contribution in [1.82, 2.24) is 4.72 Å². The van der Waals surface area contributed by atoms with Gasteiger partial charge in [-0.3, -0.25) is 4.79 Å². The van der Waals surface area contributed by atoms with Gasteiger partial charge in [0.25, 0.3) is 0 Å². The zero-order valence-electron chi connectivity index (χ0n) is 9.45. The molecule has 98 valence electrons. The molecule has 0 aromatic heterocycles. The smallest absolute Gasteiger partial charge is 0.335 e. The van der Waals surface area contributed by atoms with E-state index in [1.165, 1.54) is 6.92 Å². The van der Waals surface area contributed by atoms with Crippen molar-refractivity contribution in [3.05, 3.63) is 29.8 Å². The summed E-state index contributed by atoms with van der Waals surface area (Å²) >= 11 is 0. The van der Waals surface area contributed by atoms with Crippen LogP contribution < -0.4 is 10.5 Å². The van der Waals surface area contributed by atoms with E-state index in [1.54, 1.807) is 0 Å². The lowest BCUT2D eigenvalue weighted by atomic mass is 10.2. The third-order valence-corrected chi connectivity index (χ3v) is 3.73. The van der Waals surface area contributed by atoms with Gasteiger partial charge >= 0.3 is 5.97 Å². The van der Waals surface area contributed by atoms with Gasteiger partial charge in [-0.15, -0.1) is 0 Å². The summed E-state index contributed by atoms with van der Waals surface area (Å²) in [6, 6.07) is 3.55. The molecule has 0 fully saturated rings. The maximum atomic E-state index is 11.8. The SMILES string of the molecule is CC(NS(=O)(=O)c1ccc(C(=O)O)cc1)C(N)=O. The minimum atomic E-state index is -3.89. The summed E-state index contributed by atoms with van der Waals surface area (Å²) in [6.45, 7) is 1.31. The third-order valence-electron chi connectivity index (χ3n) is 2.17. The lowest BCUT2D eigenvalue weighted by Gasteiger charge is -2.10. The maximum Gasteiger partial charge on any atom is 0.335 e. The van der Waals surface area contributed by atoms with Gasteiger partial charge < -0.3 is 10.8 Å². The molecule has 0 spiro atoms. The first-order valence-corrected chi connectivity index (χ1v) is 6.37. The van der Waals surface area contributed by atoms with Crippen LogP contribution in [0.15, 0.2) is 29.2 Å². The Morgan fingerprint density at radius 2 is 1.78 bits per heavy atom. The molecule has 0 saturated heterocycles. The Hall–Kier alpha value is -1.93. The predicted molar refractivity (Wildman–Crippen MR) is 62.4 cm³/mol. The van der Waals surface area contributed by atoms with Crippen molar-refractivity contribution < 1.29 is 23.1 Å². The number of sulfonamides is 1. The Balaban J connectivity index is 2.99. The lowest BCUT2D eigenvalue weighted by Crippen LogP contribution is -2.42. The first kappa shape index (κ1) is 14.1. The molecule has 1 aromatic carbocycles. The number of carboxylic acid groups (broad SMARTS) is 1. The number of rotatable bonds is 5. The van der Waals surface area contributed by atoms with Gasteiger partial charge in [-0.1, -0.05) is 0 Å². The van der Waals surface area contributed by atoms with E-state index in [0.29, 0.717) is 0 Å². The lowest BCUT2D eigenvalue weighted by molar-refractivity contribution is -0.119. The highest BCUT2D eigenvalue weighted by molar-refractivity contribution is 7.89. The van der Waals surface area contributed by atoms with E-state index >= 15 is 0 Å². The van der Waals surface area contributed by atoms with Gasteiger partial charge in [0.2, 0.25) is 15.9 Å². The van der Waals surface area contributed by atoms with E-state index in [0.717, 1.165) is 24.3 Å². The third kappa shape index (κ3) is 3.28. The van der Waals surface area contributed by atoms with Crippen LogP contribution in [0.25, 0.3) is 0 Å². The zero-order chi connectivity index (χ0) is 13.9. The average Bonchev–Trinajstić information content (AvgIpc) is 2.28. The molecule has 1 rings (SSSR count).